The summed E-state index contributed by atoms with van der Waals surface area (Å²) in [6.07, 6.45) is 26.2. The van der Waals surface area contributed by atoms with E-state index in [2.05, 4.69) is 13.0 Å². The van der Waals surface area contributed by atoms with Crippen molar-refractivity contribution in [3.05, 3.63) is 24.3 Å². The second kappa shape index (κ2) is 18.1. The molecule has 0 saturated heterocycles. The van der Waals surface area contributed by atoms with Crippen LogP contribution >= 0.6 is 0 Å². The lowest BCUT2D eigenvalue weighted by Crippen LogP contribution is -1.82. The van der Waals surface area contributed by atoms with Crippen LogP contribution in [0.25, 0.3) is 0 Å². The Balaban J connectivity index is 3.04. The first kappa shape index (κ1) is 19.1. The maximum Gasteiger partial charge on any atom is 0.142 e. The fraction of sp³-hybridized carbons (Fsp3) is 0.737. The number of allylic oxidation sites excluding steroid dienone is 4. The van der Waals surface area contributed by atoms with Gasteiger partial charge in [0.15, 0.2) is 0 Å². The van der Waals surface area contributed by atoms with Crippen LogP contribution in [0.1, 0.15) is 90.4 Å². The Hall–Kier alpha value is -0.850. The van der Waals surface area contributed by atoms with E-state index < -0.39 is 0 Å². The van der Waals surface area contributed by atoms with Crippen LogP contribution in [-0.2, 0) is 4.79 Å². The summed E-state index contributed by atoms with van der Waals surface area (Å²) < 4.78 is 0. The Morgan fingerprint density at radius 1 is 0.600 bits per heavy atom. The highest BCUT2D eigenvalue weighted by Crippen LogP contribution is 2.12. The topological polar surface area (TPSA) is 17.1 Å². The van der Waals surface area contributed by atoms with Gasteiger partial charge in [-0.3, -0.25) is 4.79 Å². The summed E-state index contributed by atoms with van der Waals surface area (Å²) in [5, 5.41) is 0. The summed E-state index contributed by atoms with van der Waals surface area (Å²) in [5.74, 6) is 0. The molecular weight excluding hydrogens is 244 g/mol. The van der Waals surface area contributed by atoms with Gasteiger partial charge in [-0.15, -0.1) is 0 Å². The predicted molar refractivity (Wildman–Crippen MR) is 90.0 cm³/mol. The van der Waals surface area contributed by atoms with E-state index in [4.69, 9.17) is 0 Å². The standard InChI is InChI=1S/C19H34O/c1-2-3-4-5-6-7-8-9-10-11-12-13-14-15-16-17-18-19-20/h15-19H,2-14H2,1H3/b16-15+,18-17+. The van der Waals surface area contributed by atoms with Crippen LogP contribution in [0.5, 0.6) is 0 Å². The Morgan fingerprint density at radius 2 is 1.10 bits per heavy atom. The van der Waals surface area contributed by atoms with E-state index in [1.165, 1.54) is 83.1 Å². The van der Waals surface area contributed by atoms with Gasteiger partial charge in [0, 0.05) is 0 Å². The highest BCUT2D eigenvalue weighted by Gasteiger charge is 1.92. The van der Waals surface area contributed by atoms with Crippen LogP contribution in [0.15, 0.2) is 24.3 Å². The highest BCUT2D eigenvalue weighted by atomic mass is 16.1. The van der Waals surface area contributed by atoms with Crippen molar-refractivity contribution in [1.82, 2.24) is 0 Å². The molecule has 0 fully saturated rings. The van der Waals surface area contributed by atoms with Gasteiger partial charge in [-0.1, -0.05) is 95.8 Å². The molecular formula is C19H34O. The minimum Gasteiger partial charge on any atom is -0.299 e. The van der Waals surface area contributed by atoms with E-state index in [1.54, 1.807) is 6.08 Å². The van der Waals surface area contributed by atoms with Crippen LogP contribution < -0.4 is 0 Å². The molecule has 0 bridgehead atoms. The third-order valence-electron chi connectivity index (χ3n) is 3.66. The quantitative estimate of drug-likeness (QED) is 0.147. The zero-order chi connectivity index (χ0) is 14.7. The fourth-order valence-corrected chi connectivity index (χ4v) is 2.39. The van der Waals surface area contributed by atoms with Crippen LogP contribution in [0.3, 0.4) is 0 Å². The summed E-state index contributed by atoms with van der Waals surface area (Å²) in [7, 11) is 0. The zero-order valence-electron chi connectivity index (χ0n) is 13.5. The predicted octanol–water partition coefficient (Wildman–Crippen LogP) is 6.39. The molecule has 0 rings (SSSR count). The largest absolute Gasteiger partial charge is 0.299 e. The average Bonchev–Trinajstić information content (AvgIpc) is 2.47. The zero-order valence-corrected chi connectivity index (χ0v) is 13.5. The van der Waals surface area contributed by atoms with Gasteiger partial charge in [-0.25, -0.2) is 0 Å². The summed E-state index contributed by atoms with van der Waals surface area (Å²) in [6, 6.07) is 0. The maximum absolute atomic E-state index is 10.0. The normalized spacial score (nSPS) is 11.7. The minimum absolute atomic E-state index is 0.814. The molecule has 0 spiro atoms. The van der Waals surface area contributed by atoms with E-state index in [0.717, 1.165) is 12.7 Å². The number of hydrogen-bond acceptors (Lipinski definition) is 1. The van der Waals surface area contributed by atoms with Crippen molar-refractivity contribution in [1.29, 1.82) is 0 Å². The van der Waals surface area contributed by atoms with Gasteiger partial charge >= 0.3 is 0 Å². The second-order valence-corrected chi connectivity index (χ2v) is 5.63. The van der Waals surface area contributed by atoms with Gasteiger partial charge in [0.2, 0.25) is 0 Å². The molecule has 0 amide bonds. The molecule has 0 atom stereocenters. The third kappa shape index (κ3) is 17.2. The van der Waals surface area contributed by atoms with E-state index in [0.29, 0.717) is 0 Å². The van der Waals surface area contributed by atoms with Crippen LogP contribution in [-0.4, -0.2) is 6.29 Å². The summed E-state index contributed by atoms with van der Waals surface area (Å²) in [6.45, 7) is 2.28. The van der Waals surface area contributed by atoms with Gasteiger partial charge in [0.1, 0.15) is 6.29 Å². The van der Waals surface area contributed by atoms with Crippen LogP contribution in [0, 0.1) is 0 Å². The monoisotopic (exact) mass is 278 g/mol. The number of unbranched alkanes of at least 4 members (excludes halogenated alkanes) is 12. The van der Waals surface area contributed by atoms with Crippen molar-refractivity contribution >= 4 is 6.29 Å². The molecule has 0 aliphatic carbocycles. The third-order valence-corrected chi connectivity index (χ3v) is 3.66. The molecule has 0 saturated carbocycles. The second-order valence-electron chi connectivity index (χ2n) is 5.63. The first-order valence-electron chi connectivity index (χ1n) is 8.68. The Kier molecular flexibility index (Phi) is 17.4. The molecule has 0 aliphatic rings. The smallest absolute Gasteiger partial charge is 0.142 e. The van der Waals surface area contributed by atoms with E-state index in [1.807, 2.05) is 6.08 Å². The fourth-order valence-electron chi connectivity index (χ4n) is 2.39. The average molecular weight is 278 g/mol. The van der Waals surface area contributed by atoms with E-state index >= 15 is 0 Å². The Morgan fingerprint density at radius 3 is 1.60 bits per heavy atom. The highest BCUT2D eigenvalue weighted by molar-refractivity contribution is 5.65. The van der Waals surface area contributed by atoms with Crippen LogP contribution in [0.2, 0.25) is 0 Å². The maximum atomic E-state index is 10.0. The van der Waals surface area contributed by atoms with Crippen molar-refractivity contribution in [2.75, 3.05) is 0 Å². The Labute approximate surface area is 126 Å². The molecule has 0 aromatic carbocycles. The van der Waals surface area contributed by atoms with Crippen molar-refractivity contribution in [2.45, 2.75) is 90.4 Å². The van der Waals surface area contributed by atoms with E-state index in [9.17, 15) is 4.79 Å². The lowest BCUT2D eigenvalue weighted by atomic mass is 10.0. The summed E-state index contributed by atoms with van der Waals surface area (Å²) in [5.41, 5.74) is 0. The number of aldehydes is 1. The molecule has 1 nitrogen and oxygen atoms in total. The first-order valence-corrected chi connectivity index (χ1v) is 8.68. The molecule has 1 heteroatoms. The molecule has 0 radical (unpaired) electrons. The summed E-state index contributed by atoms with van der Waals surface area (Å²) in [4.78, 5) is 10.0. The molecule has 0 aromatic heterocycles. The molecule has 0 N–H and O–H groups in total. The first-order chi connectivity index (χ1) is 9.91. The molecule has 116 valence electrons. The van der Waals surface area contributed by atoms with Crippen molar-refractivity contribution in [3.63, 3.8) is 0 Å². The van der Waals surface area contributed by atoms with Gasteiger partial charge in [-0.2, -0.15) is 0 Å². The van der Waals surface area contributed by atoms with Gasteiger partial charge in [0.25, 0.3) is 0 Å². The molecule has 0 aliphatic heterocycles. The van der Waals surface area contributed by atoms with E-state index in [-0.39, 0.29) is 0 Å². The molecule has 20 heavy (non-hydrogen) atoms. The summed E-state index contributed by atoms with van der Waals surface area (Å²) >= 11 is 0. The molecule has 0 aromatic rings. The Bertz CT molecular complexity index is 240. The van der Waals surface area contributed by atoms with Crippen LogP contribution in [0.4, 0.5) is 0 Å². The number of rotatable bonds is 15. The number of carbonyl (C=O) groups excluding carboxylic acids is 1. The lowest BCUT2D eigenvalue weighted by Gasteiger charge is -2.02. The van der Waals surface area contributed by atoms with Gasteiger partial charge in [0.05, 0.1) is 0 Å². The van der Waals surface area contributed by atoms with Gasteiger partial charge < -0.3 is 0 Å². The molecule has 0 unspecified atom stereocenters. The number of carbonyl (C=O) groups is 1. The lowest BCUT2D eigenvalue weighted by molar-refractivity contribution is -0.104. The SMILES string of the molecule is CCCCCCCCCCCCCC/C=C/C=C/C=O. The van der Waals surface area contributed by atoms with Crippen molar-refractivity contribution in [3.8, 4) is 0 Å². The van der Waals surface area contributed by atoms with Crippen molar-refractivity contribution in [2.24, 2.45) is 0 Å². The van der Waals surface area contributed by atoms with Crippen molar-refractivity contribution < 1.29 is 4.79 Å². The van der Waals surface area contributed by atoms with Gasteiger partial charge in [-0.05, 0) is 18.9 Å². The molecule has 0 heterocycles. The minimum atomic E-state index is 0.814. The number of hydrogen-bond donors (Lipinski definition) is 0.